The zero-order valence-electron chi connectivity index (χ0n) is 14.5. The van der Waals surface area contributed by atoms with E-state index in [1.807, 2.05) is 0 Å². The van der Waals surface area contributed by atoms with Gasteiger partial charge in [-0.2, -0.15) is 4.31 Å². The molecule has 1 heterocycles. The molecular weight excluding hydrogens is 348 g/mol. The van der Waals surface area contributed by atoms with E-state index in [9.17, 15) is 13.2 Å². The van der Waals surface area contributed by atoms with Crippen molar-refractivity contribution in [3.05, 3.63) is 29.8 Å². The number of hydrogen-bond donors (Lipinski definition) is 0. The molecule has 1 aliphatic heterocycles. The molecule has 9 heteroatoms. The summed E-state index contributed by atoms with van der Waals surface area (Å²) in [6.45, 7) is 1.31. The van der Waals surface area contributed by atoms with Crippen LogP contribution in [0.3, 0.4) is 0 Å². The average Bonchev–Trinajstić information content (AvgIpc) is 2.65. The third kappa shape index (κ3) is 4.57. The van der Waals surface area contributed by atoms with Gasteiger partial charge in [-0.3, -0.25) is 9.63 Å². The number of carbonyl (C=O) groups is 1. The predicted molar refractivity (Wildman–Crippen MR) is 91.4 cm³/mol. The first-order chi connectivity index (χ1) is 11.9. The molecule has 1 aromatic carbocycles. The molecule has 0 N–H and O–H groups in total. The number of ether oxygens (including phenoxy) is 2. The summed E-state index contributed by atoms with van der Waals surface area (Å²) in [4.78, 5) is 16.6. The van der Waals surface area contributed by atoms with Crippen LogP contribution in [0.15, 0.2) is 29.2 Å². The molecule has 8 nitrogen and oxygen atoms in total. The summed E-state index contributed by atoms with van der Waals surface area (Å²) in [6.07, 6.45) is 2.83. The van der Waals surface area contributed by atoms with Crippen molar-refractivity contribution < 1.29 is 27.5 Å². The Morgan fingerprint density at radius 1 is 1.28 bits per heavy atom. The number of benzene rings is 1. The van der Waals surface area contributed by atoms with Gasteiger partial charge in [0.15, 0.2) is 0 Å². The Kier molecular flexibility index (Phi) is 6.54. The first kappa shape index (κ1) is 19.4. The minimum atomic E-state index is -3.71. The van der Waals surface area contributed by atoms with Crippen LogP contribution in [-0.4, -0.2) is 71.3 Å². The molecule has 0 atom stereocenters. The van der Waals surface area contributed by atoms with Crippen LogP contribution in [0.25, 0.3) is 6.08 Å². The predicted octanol–water partition coefficient (Wildman–Crippen LogP) is 0.749. The maximum absolute atomic E-state index is 12.9. The highest BCUT2D eigenvalue weighted by molar-refractivity contribution is 7.89. The molecule has 1 saturated heterocycles. The number of methoxy groups -OCH3 is 1. The lowest BCUT2D eigenvalue weighted by molar-refractivity contribution is -0.162. The number of nitrogens with zero attached hydrogens (tertiary/aromatic N) is 2. The molecule has 138 valence electrons. The van der Waals surface area contributed by atoms with Crippen molar-refractivity contribution in [2.24, 2.45) is 0 Å². The first-order valence-electron chi connectivity index (χ1n) is 7.66. The molecule has 1 amide bonds. The molecular formula is C16H22N2O6S. The van der Waals surface area contributed by atoms with Gasteiger partial charge in [0.2, 0.25) is 10.0 Å². The zero-order chi connectivity index (χ0) is 18.4. The minimum absolute atomic E-state index is 0.0617. The van der Waals surface area contributed by atoms with Crippen LogP contribution in [0.2, 0.25) is 0 Å². The van der Waals surface area contributed by atoms with Gasteiger partial charge in [-0.25, -0.2) is 13.5 Å². The van der Waals surface area contributed by atoms with Crippen LogP contribution in [-0.2, 0) is 24.4 Å². The third-order valence-corrected chi connectivity index (χ3v) is 5.70. The van der Waals surface area contributed by atoms with Gasteiger partial charge in [0.25, 0.3) is 5.91 Å². The summed E-state index contributed by atoms with van der Waals surface area (Å²) in [5.74, 6) is -0.111. The molecule has 1 aliphatic rings. The Labute approximate surface area is 147 Å². The highest BCUT2D eigenvalue weighted by atomic mass is 32.2. The van der Waals surface area contributed by atoms with Crippen molar-refractivity contribution in [1.29, 1.82) is 0 Å². The second-order valence-corrected chi connectivity index (χ2v) is 7.18. The zero-order valence-corrected chi connectivity index (χ0v) is 15.3. The lowest BCUT2D eigenvalue weighted by Crippen LogP contribution is -2.40. The minimum Gasteiger partial charge on any atom is -0.495 e. The number of carbonyl (C=O) groups excluding carboxylic acids is 1. The number of likely N-dealkylation sites (N-methyl/N-ethyl adjacent to an activating group) is 1. The molecule has 0 bridgehead atoms. The van der Waals surface area contributed by atoms with Crippen molar-refractivity contribution in [2.75, 3.05) is 47.6 Å². The molecule has 0 aliphatic carbocycles. The Balaban J connectivity index is 2.34. The normalized spacial score (nSPS) is 16.1. The number of sulfonamides is 1. The fraction of sp³-hybridized carbons (Fsp3) is 0.438. The van der Waals surface area contributed by atoms with Crippen LogP contribution >= 0.6 is 0 Å². The second-order valence-electron chi connectivity index (χ2n) is 5.28. The van der Waals surface area contributed by atoms with Crippen molar-refractivity contribution in [3.8, 4) is 5.75 Å². The summed E-state index contributed by atoms with van der Waals surface area (Å²) >= 11 is 0. The fourth-order valence-electron chi connectivity index (χ4n) is 2.29. The molecule has 0 saturated carbocycles. The first-order valence-corrected chi connectivity index (χ1v) is 9.10. The van der Waals surface area contributed by atoms with Gasteiger partial charge in [-0.15, -0.1) is 0 Å². The molecule has 0 spiro atoms. The highest BCUT2D eigenvalue weighted by Gasteiger charge is 2.29. The van der Waals surface area contributed by atoms with Crippen LogP contribution < -0.4 is 4.74 Å². The third-order valence-electron chi connectivity index (χ3n) is 3.78. The van der Waals surface area contributed by atoms with Crippen molar-refractivity contribution in [3.63, 3.8) is 0 Å². The van der Waals surface area contributed by atoms with E-state index in [2.05, 4.69) is 0 Å². The van der Waals surface area contributed by atoms with Crippen LogP contribution in [0, 0.1) is 0 Å². The van der Waals surface area contributed by atoms with Crippen LogP contribution in [0.5, 0.6) is 5.75 Å². The van der Waals surface area contributed by atoms with Crippen LogP contribution in [0.1, 0.15) is 5.56 Å². The van der Waals surface area contributed by atoms with Gasteiger partial charge in [0.05, 0.1) is 27.4 Å². The van der Waals surface area contributed by atoms with E-state index in [0.29, 0.717) is 31.9 Å². The van der Waals surface area contributed by atoms with Crippen molar-refractivity contribution >= 4 is 22.0 Å². The Hall–Kier alpha value is -1.94. The lowest BCUT2D eigenvalue weighted by Gasteiger charge is -2.26. The maximum atomic E-state index is 12.9. The SMILES string of the molecule is COc1ccc(/C=C/C(=O)N(C)OC)cc1S(=O)(=O)N1CCOCC1. The smallest absolute Gasteiger partial charge is 0.269 e. The largest absolute Gasteiger partial charge is 0.495 e. The number of rotatable bonds is 6. The maximum Gasteiger partial charge on any atom is 0.269 e. The standard InChI is InChI=1S/C16H22N2O6S/c1-17(23-3)16(19)7-5-13-4-6-14(22-2)15(12-13)25(20,21)18-8-10-24-11-9-18/h4-7,12H,8-11H2,1-3H3/b7-5+. The van der Waals surface area contributed by atoms with E-state index < -0.39 is 10.0 Å². The van der Waals surface area contributed by atoms with Gasteiger partial charge in [0.1, 0.15) is 10.6 Å². The molecule has 2 rings (SSSR count). The van der Waals surface area contributed by atoms with Crippen LogP contribution in [0.4, 0.5) is 0 Å². The number of amides is 1. The van der Waals surface area contributed by atoms with E-state index in [1.54, 1.807) is 12.1 Å². The van der Waals surface area contributed by atoms with Gasteiger partial charge in [-0.1, -0.05) is 6.07 Å². The summed E-state index contributed by atoms with van der Waals surface area (Å²) < 4.78 is 37.5. The topological polar surface area (TPSA) is 85.4 Å². The summed E-state index contributed by atoms with van der Waals surface area (Å²) in [5.41, 5.74) is 0.561. The summed E-state index contributed by atoms with van der Waals surface area (Å²) in [7, 11) is 0.567. The van der Waals surface area contributed by atoms with E-state index in [-0.39, 0.29) is 16.6 Å². The second kappa shape index (κ2) is 8.43. The van der Waals surface area contributed by atoms with Gasteiger partial charge in [0, 0.05) is 26.2 Å². The Morgan fingerprint density at radius 2 is 1.96 bits per heavy atom. The number of morpholine rings is 1. The average molecular weight is 370 g/mol. The van der Waals surface area contributed by atoms with Crippen molar-refractivity contribution in [1.82, 2.24) is 9.37 Å². The van der Waals surface area contributed by atoms with E-state index >= 15 is 0 Å². The molecule has 25 heavy (non-hydrogen) atoms. The summed E-state index contributed by atoms with van der Waals surface area (Å²) in [5, 5.41) is 1.06. The fourth-order valence-corrected chi connectivity index (χ4v) is 3.89. The summed E-state index contributed by atoms with van der Waals surface area (Å²) in [6, 6.07) is 4.73. The van der Waals surface area contributed by atoms with Gasteiger partial charge in [-0.05, 0) is 23.8 Å². The highest BCUT2D eigenvalue weighted by Crippen LogP contribution is 2.28. The molecule has 1 aromatic rings. The monoisotopic (exact) mass is 370 g/mol. The van der Waals surface area contributed by atoms with E-state index in [4.69, 9.17) is 14.3 Å². The Bertz CT molecular complexity index is 741. The lowest BCUT2D eigenvalue weighted by atomic mass is 10.2. The quantitative estimate of drug-likeness (QED) is 0.543. The van der Waals surface area contributed by atoms with Gasteiger partial charge >= 0.3 is 0 Å². The molecule has 1 fully saturated rings. The number of hydroxylamine groups is 2. The number of hydrogen-bond acceptors (Lipinski definition) is 6. The van der Waals surface area contributed by atoms with Gasteiger partial charge < -0.3 is 9.47 Å². The molecule has 0 aromatic heterocycles. The van der Waals surface area contributed by atoms with E-state index in [0.717, 1.165) is 5.06 Å². The Morgan fingerprint density at radius 3 is 2.56 bits per heavy atom. The molecule has 0 unspecified atom stereocenters. The van der Waals surface area contributed by atoms with Crippen molar-refractivity contribution in [2.45, 2.75) is 4.90 Å². The molecule has 0 radical (unpaired) electrons. The van der Waals surface area contributed by atoms with E-state index in [1.165, 1.54) is 43.8 Å².